The van der Waals surface area contributed by atoms with Gasteiger partial charge in [-0.3, -0.25) is 0 Å². The van der Waals surface area contributed by atoms with Crippen LogP contribution in [0.2, 0.25) is 0 Å². The number of benzene rings is 1. The summed E-state index contributed by atoms with van der Waals surface area (Å²) in [6, 6.07) is 8.62. The molecule has 20 heavy (non-hydrogen) atoms. The Morgan fingerprint density at radius 1 is 1.40 bits per heavy atom. The fourth-order valence-corrected chi connectivity index (χ4v) is 3.38. The van der Waals surface area contributed by atoms with Crippen molar-refractivity contribution in [3.8, 4) is 5.75 Å². The standard InChI is InChI=1S/C16H25NO2S/c1-2-13-5-7-16(8-6-13)19-11-15(18)10-17-14-4-3-9-20-12-14/h5-8,14-15,17-18H,2-4,9-12H2,1H3. The summed E-state index contributed by atoms with van der Waals surface area (Å²) in [6.45, 7) is 3.09. The van der Waals surface area contributed by atoms with Crippen LogP contribution in [-0.4, -0.2) is 41.9 Å². The Kier molecular flexibility index (Phi) is 6.70. The molecular formula is C16H25NO2S. The molecule has 3 nitrogen and oxygen atoms in total. The lowest BCUT2D eigenvalue weighted by atomic mass is 10.2. The van der Waals surface area contributed by atoms with Crippen molar-refractivity contribution in [1.82, 2.24) is 5.32 Å². The first-order valence-electron chi connectivity index (χ1n) is 7.49. The van der Waals surface area contributed by atoms with Crippen LogP contribution in [0.3, 0.4) is 0 Å². The third-order valence-corrected chi connectivity index (χ3v) is 4.79. The molecule has 1 fully saturated rings. The summed E-state index contributed by atoms with van der Waals surface area (Å²) >= 11 is 1.99. The summed E-state index contributed by atoms with van der Waals surface area (Å²) in [4.78, 5) is 0. The number of rotatable bonds is 7. The largest absolute Gasteiger partial charge is 0.491 e. The van der Waals surface area contributed by atoms with Crippen LogP contribution < -0.4 is 10.1 Å². The van der Waals surface area contributed by atoms with Gasteiger partial charge in [0.1, 0.15) is 18.5 Å². The number of thioether (sulfide) groups is 1. The molecule has 2 unspecified atom stereocenters. The van der Waals surface area contributed by atoms with E-state index < -0.39 is 6.10 Å². The molecule has 0 radical (unpaired) electrons. The smallest absolute Gasteiger partial charge is 0.119 e. The second-order valence-corrected chi connectivity index (χ2v) is 6.43. The highest BCUT2D eigenvalue weighted by Crippen LogP contribution is 2.17. The fourth-order valence-electron chi connectivity index (χ4n) is 2.28. The van der Waals surface area contributed by atoms with E-state index in [1.807, 2.05) is 23.9 Å². The molecule has 1 aliphatic rings. The minimum Gasteiger partial charge on any atom is -0.491 e. The number of hydrogen-bond acceptors (Lipinski definition) is 4. The molecule has 0 aromatic heterocycles. The molecule has 2 N–H and O–H groups in total. The van der Waals surface area contributed by atoms with Gasteiger partial charge in [-0.25, -0.2) is 0 Å². The highest BCUT2D eigenvalue weighted by molar-refractivity contribution is 7.99. The van der Waals surface area contributed by atoms with Crippen LogP contribution in [0, 0.1) is 0 Å². The van der Waals surface area contributed by atoms with Crippen LogP contribution in [0.4, 0.5) is 0 Å². The summed E-state index contributed by atoms with van der Waals surface area (Å²) in [6.07, 6.45) is 3.08. The van der Waals surface area contributed by atoms with Gasteiger partial charge in [-0.05, 0) is 42.7 Å². The van der Waals surface area contributed by atoms with Crippen LogP contribution in [0.1, 0.15) is 25.3 Å². The van der Waals surface area contributed by atoms with E-state index in [1.165, 1.54) is 24.2 Å². The number of hydrogen-bond donors (Lipinski definition) is 2. The van der Waals surface area contributed by atoms with E-state index >= 15 is 0 Å². The van der Waals surface area contributed by atoms with Crippen LogP contribution in [0.5, 0.6) is 5.75 Å². The Hall–Kier alpha value is -0.710. The maximum Gasteiger partial charge on any atom is 0.119 e. The molecule has 2 atom stereocenters. The number of aliphatic hydroxyl groups excluding tert-OH is 1. The maximum atomic E-state index is 9.95. The first-order valence-corrected chi connectivity index (χ1v) is 8.64. The minimum atomic E-state index is -0.451. The van der Waals surface area contributed by atoms with E-state index in [4.69, 9.17) is 4.74 Å². The van der Waals surface area contributed by atoms with Crippen molar-refractivity contribution < 1.29 is 9.84 Å². The van der Waals surface area contributed by atoms with Gasteiger partial charge in [0.05, 0.1) is 0 Å². The minimum absolute atomic E-state index is 0.346. The van der Waals surface area contributed by atoms with Crippen molar-refractivity contribution in [2.75, 3.05) is 24.7 Å². The van der Waals surface area contributed by atoms with Crippen molar-refractivity contribution in [2.24, 2.45) is 0 Å². The quantitative estimate of drug-likeness (QED) is 0.811. The normalized spacial score (nSPS) is 20.6. The van der Waals surface area contributed by atoms with Crippen LogP contribution in [0.15, 0.2) is 24.3 Å². The highest BCUT2D eigenvalue weighted by atomic mass is 32.2. The molecule has 1 aromatic rings. The van der Waals surface area contributed by atoms with Gasteiger partial charge in [0.25, 0.3) is 0 Å². The van der Waals surface area contributed by atoms with E-state index in [2.05, 4.69) is 24.4 Å². The number of aryl methyl sites for hydroxylation is 1. The summed E-state index contributed by atoms with van der Waals surface area (Å²) in [5, 5.41) is 13.4. The fraction of sp³-hybridized carbons (Fsp3) is 0.625. The molecule has 1 aromatic carbocycles. The zero-order valence-corrected chi connectivity index (χ0v) is 13.0. The summed E-state index contributed by atoms with van der Waals surface area (Å²) in [5.74, 6) is 3.26. The van der Waals surface area contributed by atoms with E-state index in [0.717, 1.165) is 17.9 Å². The van der Waals surface area contributed by atoms with Crippen molar-refractivity contribution in [2.45, 2.75) is 38.3 Å². The molecular weight excluding hydrogens is 270 g/mol. The zero-order valence-electron chi connectivity index (χ0n) is 12.2. The topological polar surface area (TPSA) is 41.5 Å². The molecule has 112 valence electrons. The lowest BCUT2D eigenvalue weighted by Gasteiger charge is -2.24. The van der Waals surface area contributed by atoms with E-state index in [-0.39, 0.29) is 0 Å². The van der Waals surface area contributed by atoms with Gasteiger partial charge in [0, 0.05) is 18.3 Å². The first-order chi connectivity index (χ1) is 9.78. The monoisotopic (exact) mass is 295 g/mol. The van der Waals surface area contributed by atoms with Crippen molar-refractivity contribution in [3.63, 3.8) is 0 Å². The van der Waals surface area contributed by atoms with E-state index in [0.29, 0.717) is 19.2 Å². The second-order valence-electron chi connectivity index (χ2n) is 5.28. The third kappa shape index (κ3) is 5.35. The molecule has 0 bridgehead atoms. The molecule has 4 heteroatoms. The highest BCUT2D eigenvalue weighted by Gasteiger charge is 2.14. The number of aliphatic hydroxyl groups is 1. The van der Waals surface area contributed by atoms with E-state index in [1.54, 1.807) is 0 Å². The Morgan fingerprint density at radius 2 is 2.20 bits per heavy atom. The van der Waals surface area contributed by atoms with Gasteiger partial charge in [-0.1, -0.05) is 19.1 Å². The molecule has 0 amide bonds. The van der Waals surface area contributed by atoms with Crippen molar-refractivity contribution in [3.05, 3.63) is 29.8 Å². The van der Waals surface area contributed by atoms with Gasteiger partial charge in [0.15, 0.2) is 0 Å². The van der Waals surface area contributed by atoms with Crippen molar-refractivity contribution >= 4 is 11.8 Å². The lowest BCUT2D eigenvalue weighted by molar-refractivity contribution is 0.104. The van der Waals surface area contributed by atoms with Crippen LogP contribution in [-0.2, 0) is 6.42 Å². The summed E-state index contributed by atoms with van der Waals surface area (Å²) in [7, 11) is 0. The SMILES string of the molecule is CCc1ccc(OCC(O)CNC2CCCSC2)cc1. The summed E-state index contributed by atoms with van der Waals surface area (Å²) < 4.78 is 5.61. The molecule has 1 heterocycles. The van der Waals surface area contributed by atoms with E-state index in [9.17, 15) is 5.11 Å². The predicted molar refractivity (Wildman–Crippen MR) is 85.7 cm³/mol. The van der Waals surface area contributed by atoms with Gasteiger partial charge in [-0.2, -0.15) is 11.8 Å². The Balaban J connectivity index is 1.64. The van der Waals surface area contributed by atoms with Gasteiger partial charge in [0.2, 0.25) is 0 Å². The number of ether oxygens (including phenoxy) is 1. The summed E-state index contributed by atoms with van der Waals surface area (Å²) in [5.41, 5.74) is 1.30. The molecule has 2 rings (SSSR count). The second kappa shape index (κ2) is 8.55. The molecule has 1 saturated heterocycles. The van der Waals surface area contributed by atoms with Crippen LogP contribution in [0.25, 0.3) is 0 Å². The van der Waals surface area contributed by atoms with Crippen molar-refractivity contribution in [1.29, 1.82) is 0 Å². The Labute approximate surface area is 126 Å². The molecule has 1 aliphatic heterocycles. The zero-order chi connectivity index (χ0) is 14.2. The average molecular weight is 295 g/mol. The maximum absolute atomic E-state index is 9.95. The van der Waals surface area contributed by atoms with Crippen LogP contribution >= 0.6 is 11.8 Å². The third-order valence-electron chi connectivity index (χ3n) is 3.58. The first kappa shape index (κ1) is 15.7. The lowest BCUT2D eigenvalue weighted by Crippen LogP contribution is -2.40. The van der Waals surface area contributed by atoms with Gasteiger partial charge < -0.3 is 15.2 Å². The predicted octanol–water partition coefficient (Wildman–Crippen LogP) is 2.47. The molecule has 0 saturated carbocycles. The Bertz CT molecular complexity index is 377. The average Bonchev–Trinajstić information content (AvgIpc) is 2.52. The Morgan fingerprint density at radius 3 is 2.85 bits per heavy atom. The van der Waals surface area contributed by atoms with Gasteiger partial charge >= 0.3 is 0 Å². The molecule has 0 aliphatic carbocycles. The molecule has 0 spiro atoms. The number of nitrogens with one attached hydrogen (secondary N) is 1. The van der Waals surface area contributed by atoms with Gasteiger partial charge in [-0.15, -0.1) is 0 Å².